The molecule has 2 heterocycles. The fourth-order valence-electron chi connectivity index (χ4n) is 7.21. The van der Waals surface area contributed by atoms with Crippen LogP contribution >= 0.6 is 11.8 Å². The minimum Gasteiger partial charge on any atom is -0.463 e. The summed E-state index contributed by atoms with van der Waals surface area (Å²) in [7, 11) is 0. The summed E-state index contributed by atoms with van der Waals surface area (Å²) in [6.45, 7) is 23.2. The molecule has 1 aliphatic carbocycles. The molecule has 188 valence electrons. The quantitative estimate of drug-likeness (QED) is 0.236. The van der Waals surface area contributed by atoms with Gasteiger partial charge in [-0.2, -0.15) is 0 Å². The van der Waals surface area contributed by atoms with Crippen molar-refractivity contribution in [3.63, 3.8) is 0 Å². The SMILES string of the molecule is CC1=C(C)c2c(C)c(C)c(C)c(C)c2C2(C=CSc3c2ccc2ccoc32)c2c(C)c(C)c(C)c(C)c21. The minimum absolute atomic E-state index is 0.411. The molecular weight excluding hydrogens is 468 g/mol. The molecule has 0 atom stereocenters. The number of hydrogen-bond donors (Lipinski definition) is 0. The van der Waals surface area contributed by atoms with Crippen LogP contribution < -0.4 is 0 Å². The van der Waals surface area contributed by atoms with Crippen LogP contribution in [0, 0.1) is 55.4 Å². The average molecular weight is 505 g/mol. The summed E-state index contributed by atoms with van der Waals surface area (Å²) in [5, 5.41) is 3.49. The molecule has 3 aromatic carbocycles. The topological polar surface area (TPSA) is 13.1 Å². The van der Waals surface area contributed by atoms with Gasteiger partial charge in [-0.25, -0.2) is 0 Å². The average Bonchev–Trinajstić information content (AvgIpc) is 3.36. The highest BCUT2D eigenvalue weighted by molar-refractivity contribution is 8.02. The van der Waals surface area contributed by atoms with E-state index in [1.807, 2.05) is 6.26 Å². The molecule has 1 nitrogen and oxygen atoms in total. The molecule has 37 heavy (non-hydrogen) atoms. The highest BCUT2D eigenvalue weighted by Crippen LogP contribution is 2.58. The van der Waals surface area contributed by atoms with Crippen LogP contribution in [0.4, 0.5) is 0 Å². The van der Waals surface area contributed by atoms with Crippen molar-refractivity contribution >= 4 is 33.9 Å². The minimum atomic E-state index is -0.411. The van der Waals surface area contributed by atoms with Crippen LogP contribution in [0.2, 0.25) is 0 Å². The lowest BCUT2D eigenvalue weighted by atomic mass is 9.62. The van der Waals surface area contributed by atoms with Gasteiger partial charge in [-0.3, -0.25) is 0 Å². The van der Waals surface area contributed by atoms with E-state index >= 15 is 0 Å². The van der Waals surface area contributed by atoms with Crippen molar-refractivity contribution in [1.29, 1.82) is 0 Å². The summed E-state index contributed by atoms with van der Waals surface area (Å²) in [5.41, 5.74) is 21.7. The Morgan fingerprint density at radius 2 is 1.11 bits per heavy atom. The Hall–Kier alpha value is -2.97. The van der Waals surface area contributed by atoms with E-state index in [1.54, 1.807) is 11.8 Å². The van der Waals surface area contributed by atoms with Gasteiger partial charge in [0.25, 0.3) is 0 Å². The lowest BCUT2D eigenvalue weighted by Gasteiger charge is -2.42. The predicted octanol–water partition coefficient (Wildman–Crippen LogP) is 10.1. The zero-order valence-corrected chi connectivity index (χ0v) is 24.6. The van der Waals surface area contributed by atoms with Crippen molar-refractivity contribution in [1.82, 2.24) is 0 Å². The Balaban J connectivity index is 1.97. The van der Waals surface area contributed by atoms with Crippen LogP contribution in [0.1, 0.15) is 86.2 Å². The number of rotatable bonds is 0. The van der Waals surface area contributed by atoms with Crippen molar-refractivity contribution in [2.24, 2.45) is 0 Å². The first-order valence-electron chi connectivity index (χ1n) is 13.3. The molecule has 0 fully saturated rings. The second-order valence-corrected chi connectivity index (χ2v) is 12.2. The number of hydrogen-bond acceptors (Lipinski definition) is 2. The molecule has 4 aromatic rings. The lowest BCUT2D eigenvalue weighted by molar-refractivity contribution is 0.604. The Bertz CT molecular complexity index is 1660. The molecule has 0 bridgehead atoms. The van der Waals surface area contributed by atoms with Crippen LogP contribution in [0.5, 0.6) is 0 Å². The van der Waals surface area contributed by atoms with E-state index in [0.29, 0.717) is 0 Å². The number of furan rings is 1. The fraction of sp³-hybridized carbons (Fsp3) is 0.314. The van der Waals surface area contributed by atoms with Gasteiger partial charge in [0.2, 0.25) is 0 Å². The van der Waals surface area contributed by atoms with E-state index in [0.717, 1.165) is 11.0 Å². The molecule has 2 heteroatoms. The number of thioether (sulfide) groups is 1. The maximum absolute atomic E-state index is 6.13. The first-order chi connectivity index (χ1) is 17.5. The van der Waals surface area contributed by atoms with Gasteiger partial charge in [0.1, 0.15) is 5.58 Å². The number of fused-ring (bicyclic) bond motifs is 8. The summed E-state index contributed by atoms with van der Waals surface area (Å²) in [4.78, 5) is 1.24. The van der Waals surface area contributed by atoms with Crippen molar-refractivity contribution in [3.05, 3.63) is 108 Å². The number of benzene rings is 3. The van der Waals surface area contributed by atoms with Crippen LogP contribution in [0.25, 0.3) is 22.1 Å². The molecule has 0 saturated heterocycles. The van der Waals surface area contributed by atoms with Crippen molar-refractivity contribution in [2.45, 2.75) is 79.5 Å². The maximum Gasteiger partial charge on any atom is 0.148 e. The zero-order chi connectivity index (χ0) is 26.5. The molecular formula is C35H36OS. The van der Waals surface area contributed by atoms with E-state index < -0.39 is 5.41 Å². The third-order valence-corrected chi connectivity index (χ3v) is 10.9. The van der Waals surface area contributed by atoms with Gasteiger partial charge in [0.05, 0.1) is 16.6 Å². The number of allylic oxidation sites excluding steroid dienone is 3. The summed E-state index contributed by atoms with van der Waals surface area (Å²) in [6.07, 6.45) is 4.33. The molecule has 0 amide bonds. The molecule has 0 radical (unpaired) electrons. The lowest BCUT2D eigenvalue weighted by Crippen LogP contribution is -2.34. The normalized spacial score (nSPS) is 15.7. The molecule has 2 aliphatic rings. The van der Waals surface area contributed by atoms with E-state index in [1.165, 1.54) is 88.4 Å². The van der Waals surface area contributed by atoms with E-state index in [9.17, 15) is 0 Å². The van der Waals surface area contributed by atoms with E-state index in [2.05, 4.69) is 98.9 Å². The van der Waals surface area contributed by atoms with Gasteiger partial charge in [0.15, 0.2) is 0 Å². The highest BCUT2D eigenvalue weighted by atomic mass is 32.2. The standard InChI is InChI=1S/C35H36OS/c1-17-19(3)25(9)31-29(21(17)5)23(7)24(8)30-22(6)18(2)20(4)26(10)32(30)35(31)14-16-37-34-28(35)12-11-27-13-15-36-33(27)34/h11-16H,1-10H3. The van der Waals surface area contributed by atoms with E-state index in [4.69, 9.17) is 4.42 Å². The van der Waals surface area contributed by atoms with Crippen molar-refractivity contribution in [3.8, 4) is 0 Å². The van der Waals surface area contributed by atoms with E-state index in [-0.39, 0.29) is 0 Å². The smallest absolute Gasteiger partial charge is 0.148 e. The van der Waals surface area contributed by atoms with Gasteiger partial charge in [-0.05, 0) is 164 Å². The van der Waals surface area contributed by atoms with Gasteiger partial charge in [0, 0.05) is 5.39 Å². The molecule has 1 aromatic heterocycles. The van der Waals surface area contributed by atoms with Crippen LogP contribution in [-0.2, 0) is 5.41 Å². The summed E-state index contributed by atoms with van der Waals surface area (Å²) in [6, 6.07) is 6.71. The summed E-state index contributed by atoms with van der Waals surface area (Å²) >= 11 is 1.80. The molecule has 6 rings (SSSR count). The fourth-order valence-corrected chi connectivity index (χ4v) is 8.25. The zero-order valence-electron chi connectivity index (χ0n) is 23.8. The molecule has 0 unspecified atom stereocenters. The van der Waals surface area contributed by atoms with Crippen LogP contribution in [0.3, 0.4) is 0 Å². The first-order valence-corrected chi connectivity index (χ1v) is 14.2. The largest absolute Gasteiger partial charge is 0.463 e. The Morgan fingerprint density at radius 3 is 1.65 bits per heavy atom. The second kappa shape index (κ2) is 8.01. The van der Waals surface area contributed by atoms with Gasteiger partial charge < -0.3 is 4.42 Å². The Morgan fingerprint density at radius 1 is 0.595 bits per heavy atom. The molecule has 0 N–H and O–H groups in total. The monoisotopic (exact) mass is 504 g/mol. The maximum atomic E-state index is 6.13. The van der Waals surface area contributed by atoms with Crippen LogP contribution in [0.15, 0.2) is 45.3 Å². The summed E-state index contributed by atoms with van der Waals surface area (Å²) < 4.78 is 6.13. The predicted molar refractivity (Wildman–Crippen MR) is 160 cm³/mol. The third-order valence-electron chi connectivity index (χ3n) is 9.98. The van der Waals surface area contributed by atoms with Crippen molar-refractivity contribution in [2.75, 3.05) is 0 Å². The summed E-state index contributed by atoms with van der Waals surface area (Å²) in [5.74, 6) is 0. The van der Waals surface area contributed by atoms with Gasteiger partial charge >= 0.3 is 0 Å². The van der Waals surface area contributed by atoms with Gasteiger partial charge in [-0.1, -0.05) is 30.0 Å². The first kappa shape index (κ1) is 24.4. The Labute approximate surface area is 225 Å². The molecule has 1 spiro atoms. The molecule has 1 aliphatic heterocycles. The highest BCUT2D eigenvalue weighted by Gasteiger charge is 2.47. The Kier molecular flexibility index (Phi) is 5.28. The van der Waals surface area contributed by atoms with Crippen molar-refractivity contribution < 1.29 is 4.42 Å². The molecule has 0 saturated carbocycles. The van der Waals surface area contributed by atoms with Gasteiger partial charge in [-0.15, -0.1) is 0 Å². The second-order valence-electron chi connectivity index (χ2n) is 11.3. The van der Waals surface area contributed by atoms with Crippen LogP contribution in [-0.4, -0.2) is 0 Å². The third kappa shape index (κ3) is 2.88.